The molecule has 1 aliphatic heterocycles. The van der Waals surface area contributed by atoms with E-state index in [4.69, 9.17) is 0 Å². The average molecular weight is 260 g/mol. The van der Waals surface area contributed by atoms with Gasteiger partial charge in [0.25, 0.3) is 0 Å². The number of carbonyl (C=O) groups excluding carboxylic acids is 1. The maximum atomic E-state index is 12.3. The number of nitrogens with one attached hydrogen (secondary N) is 2. The van der Waals surface area contributed by atoms with E-state index in [0.29, 0.717) is 12.3 Å². The van der Waals surface area contributed by atoms with Crippen molar-refractivity contribution in [2.45, 2.75) is 38.0 Å². The lowest BCUT2D eigenvalue weighted by Crippen LogP contribution is -2.46. The van der Waals surface area contributed by atoms with Crippen molar-refractivity contribution in [3.63, 3.8) is 0 Å². The number of hydrogen-bond acceptors (Lipinski definition) is 3. The molecule has 4 atom stereocenters. The Morgan fingerprint density at radius 3 is 2.95 bits per heavy atom. The van der Waals surface area contributed by atoms with Crippen molar-refractivity contribution in [3.8, 4) is 0 Å². The highest BCUT2D eigenvalue weighted by Crippen LogP contribution is 2.31. The van der Waals surface area contributed by atoms with Gasteiger partial charge in [0.1, 0.15) is 0 Å². The number of amides is 1. The second kappa shape index (κ2) is 4.94. The second-order valence-electron chi connectivity index (χ2n) is 5.65. The highest BCUT2D eigenvalue weighted by atomic mass is 16.3. The van der Waals surface area contributed by atoms with Crippen molar-refractivity contribution in [2.75, 3.05) is 6.54 Å². The first kappa shape index (κ1) is 12.6. The lowest BCUT2D eigenvalue weighted by atomic mass is 10.0. The quantitative estimate of drug-likeness (QED) is 0.735. The molecule has 19 heavy (non-hydrogen) atoms. The summed E-state index contributed by atoms with van der Waals surface area (Å²) in [4.78, 5) is 12.3. The molecule has 3 N–H and O–H groups in total. The third-order valence-corrected chi connectivity index (χ3v) is 4.32. The molecule has 1 aromatic carbocycles. The fourth-order valence-corrected chi connectivity index (χ4v) is 3.18. The lowest BCUT2D eigenvalue weighted by Gasteiger charge is -2.22. The molecule has 0 bridgehead atoms. The number of aliphatic hydroxyl groups excluding tert-OH is 1. The molecule has 3 rings (SSSR count). The molecule has 102 valence electrons. The van der Waals surface area contributed by atoms with Gasteiger partial charge >= 0.3 is 0 Å². The molecule has 1 aliphatic carbocycles. The summed E-state index contributed by atoms with van der Waals surface area (Å²) in [5.74, 6) is 0.361. The number of fused-ring (bicyclic) bond motifs is 1. The van der Waals surface area contributed by atoms with Crippen LogP contribution in [0.15, 0.2) is 24.3 Å². The van der Waals surface area contributed by atoms with Crippen molar-refractivity contribution >= 4 is 5.91 Å². The Balaban J connectivity index is 1.75. The van der Waals surface area contributed by atoms with E-state index in [2.05, 4.69) is 17.6 Å². The molecule has 4 nitrogen and oxygen atoms in total. The standard InChI is InChI=1S/C15H20N2O2/c1-9-6-7-16-13(9)15(19)17-14-11-5-3-2-4-10(11)8-12(14)18/h2-5,9,12-14,16,18H,6-8H2,1H3,(H,17,19)/t9?,12-,13?,14+/m1/s1. The van der Waals surface area contributed by atoms with Crippen LogP contribution in [0.4, 0.5) is 0 Å². The van der Waals surface area contributed by atoms with E-state index in [0.717, 1.165) is 24.1 Å². The van der Waals surface area contributed by atoms with E-state index in [1.54, 1.807) is 0 Å². The third kappa shape index (κ3) is 2.26. The molecule has 1 saturated heterocycles. The maximum Gasteiger partial charge on any atom is 0.237 e. The van der Waals surface area contributed by atoms with Crippen molar-refractivity contribution in [3.05, 3.63) is 35.4 Å². The predicted octanol–water partition coefficient (Wildman–Crippen LogP) is 0.759. The largest absolute Gasteiger partial charge is 0.390 e. The minimum atomic E-state index is -0.516. The molecule has 2 aliphatic rings. The van der Waals surface area contributed by atoms with Gasteiger partial charge in [0, 0.05) is 6.42 Å². The van der Waals surface area contributed by atoms with Gasteiger partial charge in [0.2, 0.25) is 5.91 Å². The van der Waals surface area contributed by atoms with Crippen LogP contribution in [0.25, 0.3) is 0 Å². The van der Waals surface area contributed by atoms with Crippen LogP contribution in [0, 0.1) is 5.92 Å². The van der Waals surface area contributed by atoms with Gasteiger partial charge in [-0.05, 0) is 30.0 Å². The summed E-state index contributed by atoms with van der Waals surface area (Å²) in [6.45, 7) is 2.98. The average Bonchev–Trinajstić information content (AvgIpc) is 2.94. The van der Waals surface area contributed by atoms with Gasteiger partial charge in [-0.15, -0.1) is 0 Å². The Kier molecular flexibility index (Phi) is 3.29. The maximum absolute atomic E-state index is 12.3. The first-order valence-electron chi connectivity index (χ1n) is 6.96. The van der Waals surface area contributed by atoms with Gasteiger partial charge in [0.15, 0.2) is 0 Å². The normalized spacial score (nSPS) is 33.2. The zero-order valence-electron chi connectivity index (χ0n) is 11.1. The highest BCUT2D eigenvalue weighted by molar-refractivity contribution is 5.83. The third-order valence-electron chi connectivity index (χ3n) is 4.32. The molecule has 1 heterocycles. The van der Waals surface area contributed by atoms with Crippen LogP contribution in [0.1, 0.15) is 30.5 Å². The molecule has 1 fully saturated rings. The summed E-state index contributed by atoms with van der Waals surface area (Å²) >= 11 is 0. The number of rotatable bonds is 2. The van der Waals surface area contributed by atoms with Crippen LogP contribution in [0.2, 0.25) is 0 Å². The van der Waals surface area contributed by atoms with E-state index < -0.39 is 6.10 Å². The van der Waals surface area contributed by atoms with E-state index >= 15 is 0 Å². The number of benzene rings is 1. The van der Waals surface area contributed by atoms with Gasteiger partial charge in [-0.1, -0.05) is 31.2 Å². The minimum absolute atomic E-state index is 0.00533. The monoisotopic (exact) mass is 260 g/mol. The number of carbonyl (C=O) groups is 1. The Morgan fingerprint density at radius 2 is 2.21 bits per heavy atom. The van der Waals surface area contributed by atoms with Crippen LogP contribution in [0.5, 0.6) is 0 Å². The summed E-state index contributed by atoms with van der Waals surface area (Å²) in [6, 6.07) is 7.53. The first-order chi connectivity index (χ1) is 9.16. The molecule has 1 aromatic rings. The van der Waals surface area contributed by atoms with Crippen LogP contribution < -0.4 is 10.6 Å². The topological polar surface area (TPSA) is 61.4 Å². The highest BCUT2D eigenvalue weighted by Gasteiger charge is 2.35. The summed E-state index contributed by atoms with van der Waals surface area (Å²) in [7, 11) is 0. The first-order valence-corrected chi connectivity index (χ1v) is 6.96. The zero-order valence-corrected chi connectivity index (χ0v) is 11.1. The zero-order chi connectivity index (χ0) is 13.4. The van der Waals surface area contributed by atoms with Crippen molar-refractivity contribution in [1.82, 2.24) is 10.6 Å². The molecule has 0 aromatic heterocycles. The Bertz CT molecular complexity index is 489. The summed E-state index contributed by atoms with van der Waals surface area (Å²) in [6.07, 6.45) is 1.13. The van der Waals surface area contributed by atoms with Crippen LogP contribution in [0.3, 0.4) is 0 Å². The molecule has 0 spiro atoms. The van der Waals surface area contributed by atoms with Crippen LogP contribution in [-0.4, -0.2) is 29.7 Å². The number of aliphatic hydroxyl groups is 1. The van der Waals surface area contributed by atoms with E-state index in [1.807, 2.05) is 24.3 Å². The Morgan fingerprint density at radius 1 is 1.42 bits per heavy atom. The Labute approximate surface area is 113 Å². The van der Waals surface area contributed by atoms with Gasteiger partial charge < -0.3 is 15.7 Å². The summed E-state index contributed by atoms with van der Waals surface area (Å²) < 4.78 is 0. The number of hydrogen-bond donors (Lipinski definition) is 3. The molecule has 0 saturated carbocycles. The Hall–Kier alpha value is -1.39. The smallest absolute Gasteiger partial charge is 0.237 e. The van der Waals surface area contributed by atoms with E-state index in [-0.39, 0.29) is 18.0 Å². The van der Waals surface area contributed by atoms with E-state index in [9.17, 15) is 9.90 Å². The van der Waals surface area contributed by atoms with Crippen LogP contribution >= 0.6 is 0 Å². The molecule has 1 amide bonds. The van der Waals surface area contributed by atoms with Gasteiger partial charge in [-0.25, -0.2) is 0 Å². The molecular weight excluding hydrogens is 240 g/mol. The molecule has 4 heteroatoms. The van der Waals surface area contributed by atoms with Crippen molar-refractivity contribution in [2.24, 2.45) is 5.92 Å². The summed E-state index contributed by atoms with van der Waals surface area (Å²) in [5, 5.41) is 16.4. The fourth-order valence-electron chi connectivity index (χ4n) is 3.18. The minimum Gasteiger partial charge on any atom is -0.390 e. The predicted molar refractivity (Wildman–Crippen MR) is 72.6 cm³/mol. The van der Waals surface area contributed by atoms with Crippen LogP contribution in [-0.2, 0) is 11.2 Å². The summed E-state index contributed by atoms with van der Waals surface area (Å²) in [5.41, 5.74) is 2.18. The van der Waals surface area contributed by atoms with Gasteiger partial charge in [0.05, 0.1) is 18.2 Å². The second-order valence-corrected chi connectivity index (χ2v) is 5.65. The van der Waals surface area contributed by atoms with Gasteiger partial charge in [-0.2, -0.15) is 0 Å². The SMILES string of the molecule is CC1CCNC1C(=O)N[C@H]1c2ccccc2C[C@H]1O. The fraction of sp³-hybridized carbons (Fsp3) is 0.533. The molecule has 2 unspecified atom stereocenters. The lowest BCUT2D eigenvalue weighted by molar-refractivity contribution is -0.125. The molecular formula is C15H20N2O2. The van der Waals surface area contributed by atoms with Gasteiger partial charge in [-0.3, -0.25) is 4.79 Å². The van der Waals surface area contributed by atoms with E-state index in [1.165, 1.54) is 0 Å². The molecule has 0 radical (unpaired) electrons. The van der Waals surface area contributed by atoms with Crippen molar-refractivity contribution in [1.29, 1.82) is 0 Å². The van der Waals surface area contributed by atoms with Crippen molar-refractivity contribution < 1.29 is 9.90 Å².